The summed E-state index contributed by atoms with van der Waals surface area (Å²) in [5.41, 5.74) is 2.54. The molecule has 0 fully saturated rings. The number of halogens is 2. The normalized spacial score (nSPS) is 10.7. The molecule has 27 heavy (non-hydrogen) atoms. The Morgan fingerprint density at radius 3 is 2.30 bits per heavy atom. The first kappa shape index (κ1) is 20.9. The minimum absolute atomic E-state index is 0.0281. The molecule has 0 unspecified atom stereocenters. The molecule has 1 amide bonds. The number of aromatic nitrogens is 1. The molecule has 144 valence electrons. The van der Waals surface area contributed by atoms with Crippen molar-refractivity contribution in [1.82, 2.24) is 0 Å². The Hall–Kier alpha value is -2.40. The molecule has 0 saturated heterocycles. The van der Waals surface area contributed by atoms with Gasteiger partial charge in [0.25, 0.3) is 5.91 Å². The van der Waals surface area contributed by atoms with Gasteiger partial charge in [0.2, 0.25) is 5.69 Å². The predicted octanol–water partition coefficient (Wildman–Crippen LogP) is 4.83. The molecule has 1 N–H and O–H groups in total. The molecule has 0 saturated carbocycles. The van der Waals surface area contributed by atoms with Crippen molar-refractivity contribution >= 4 is 23.2 Å². The average molecular weight is 391 g/mol. The number of benzene rings is 1. The van der Waals surface area contributed by atoms with Crippen LogP contribution in [0.15, 0.2) is 24.8 Å². The van der Waals surface area contributed by atoms with Crippen molar-refractivity contribution in [2.75, 3.05) is 5.32 Å². The second kappa shape index (κ2) is 8.53. The molecule has 0 bridgehead atoms. The van der Waals surface area contributed by atoms with Crippen molar-refractivity contribution in [3.8, 4) is 0 Å². The minimum atomic E-state index is -0.681. The number of allylic oxidation sites excluding steroid dienone is 1. The molecule has 2 rings (SSSR count). The van der Waals surface area contributed by atoms with Crippen molar-refractivity contribution in [2.45, 2.75) is 47.0 Å². The quantitative estimate of drug-likeness (QED) is 0.436. The molecule has 0 aliphatic carbocycles. The lowest BCUT2D eigenvalue weighted by molar-refractivity contribution is -0.620. The molecular weight excluding hydrogens is 367 g/mol. The largest absolute Gasteiger partial charge is 0.618 e. The highest BCUT2D eigenvalue weighted by Gasteiger charge is 2.28. The summed E-state index contributed by atoms with van der Waals surface area (Å²) in [4.78, 5) is 12.9. The molecule has 0 aliphatic heterocycles. The molecular formula is C21H24ClFN2O2. The second-order valence-electron chi connectivity index (χ2n) is 6.39. The van der Waals surface area contributed by atoms with E-state index in [1.807, 2.05) is 13.8 Å². The van der Waals surface area contributed by atoms with E-state index in [4.69, 9.17) is 11.6 Å². The molecule has 6 heteroatoms. The Balaban J connectivity index is 2.59. The number of amides is 1. The molecule has 0 aliphatic rings. The summed E-state index contributed by atoms with van der Waals surface area (Å²) in [6, 6.07) is 3.57. The number of anilines is 1. The third-order valence-corrected chi connectivity index (χ3v) is 4.95. The van der Waals surface area contributed by atoms with Crippen LogP contribution in [0.5, 0.6) is 0 Å². The van der Waals surface area contributed by atoms with Crippen molar-refractivity contribution in [3.63, 3.8) is 0 Å². The summed E-state index contributed by atoms with van der Waals surface area (Å²) in [7, 11) is 0. The number of hydrogen-bond donors (Lipinski definition) is 1. The lowest BCUT2D eigenvalue weighted by Gasteiger charge is -2.18. The van der Waals surface area contributed by atoms with E-state index in [0.29, 0.717) is 28.3 Å². The van der Waals surface area contributed by atoms with Crippen LogP contribution < -0.4 is 10.0 Å². The fraction of sp³-hybridized carbons (Fsp3) is 0.333. The fourth-order valence-corrected chi connectivity index (χ4v) is 3.47. The van der Waals surface area contributed by atoms with Gasteiger partial charge in [0.05, 0.1) is 5.56 Å². The average Bonchev–Trinajstić information content (AvgIpc) is 2.64. The van der Waals surface area contributed by atoms with Crippen LogP contribution in [0, 0.1) is 24.9 Å². The van der Waals surface area contributed by atoms with E-state index in [1.165, 1.54) is 19.9 Å². The zero-order chi connectivity index (χ0) is 20.3. The summed E-state index contributed by atoms with van der Waals surface area (Å²) >= 11 is 6.15. The van der Waals surface area contributed by atoms with Crippen LogP contribution in [-0.2, 0) is 19.3 Å². The van der Waals surface area contributed by atoms with Gasteiger partial charge in [-0.3, -0.25) is 4.79 Å². The van der Waals surface area contributed by atoms with E-state index in [-0.39, 0.29) is 28.9 Å². The first-order valence-electron chi connectivity index (χ1n) is 8.91. The van der Waals surface area contributed by atoms with Crippen LogP contribution in [0.4, 0.5) is 10.1 Å². The van der Waals surface area contributed by atoms with Crippen LogP contribution in [0.25, 0.3) is 0 Å². The zero-order valence-electron chi connectivity index (χ0n) is 16.1. The van der Waals surface area contributed by atoms with E-state index >= 15 is 4.39 Å². The molecule has 0 spiro atoms. The smallest absolute Gasteiger partial charge is 0.265 e. The van der Waals surface area contributed by atoms with Crippen LogP contribution in [0.3, 0.4) is 0 Å². The van der Waals surface area contributed by atoms with Gasteiger partial charge in [-0.1, -0.05) is 31.5 Å². The summed E-state index contributed by atoms with van der Waals surface area (Å²) < 4.78 is 15.7. The standard InChI is InChI=1S/C21H24ClFN2O2/c1-6-9-17-12(4)25(27)13(5)18(19(17)23)21(26)24-20-14(7-2)10-16(22)11-15(20)8-3/h6,10-11H,1,7-9H2,2-5H3,(H,24,26). The van der Waals surface area contributed by atoms with Crippen molar-refractivity contribution in [1.29, 1.82) is 0 Å². The highest BCUT2D eigenvalue weighted by atomic mass is 35.5. The maximum atomic E-state index is 15.1. The van der Waals surface area contributed by atoms with Gasteiger partial charge in [-0.05, 0) is 42.5 Å². The Labute approximate surface area is 164 Å². The van der Waals surface area contributed by atoms with E-state index in [1.54, 1.807) is 12.1 Å². The number of nitrogens with zero attached hydrogens (tertiary/aromatic N) is 1. The summed E-state index contributed by atoms with van der Waals surface area (Å²) in [6.07, 6.45) is 2.98. The second-order valence-corrected chi connectivity index (χ2v) is 6.82. The van der Waals surface area contributed by atoms with E-state index in [9.17, 15) is 10.0 Å². The maximum Gasteiger partial charge on any atom is 0.265 e. The molecule has 1 aromatic heterocycles. The number of hydrogen-bond acceptors (Lipinski definition) is 2. The van der Waals surface area contributed by atoms with Gasteiger partial charge in [0.15, 0.2) is 11.5 Å². The molecule has 4 nitrogen and oxygen atoms in total. The third-order valence-electron chi connectivity index (χ3n) is 4.73. The molecule has 0 radical (unpaired) electrons. The number of carbonyl (C=O) groups excluding carboxylic acids is 1. The number of pyridine rings is 1. The van der Waals surface area contributed by atoms with Gasteiger partial charge >= 0.3 is 0 Å². The Bertz CT molecular complexity index is 885. The van der Waals surface area contributed by atoms with Crippen LogP contribution in [-0.4, -0.2) is 5.91 Å². The van der Waals surface area contributed by atoms with Crippen molar-refractivity contribution < 1.29 is 13.9 Å². The van der Waals surface area contributed by atoms with Crippen molar-refractivity contribution in [3.05, 3.63) is 74.5 Å². The Morgan fingerprint density at radius 1 is 1.26 bits per heavy atom. The first-order chi connectivity index (χ1) is 12.8. The monoisotopic (exact) mass is 390 g/mol. The zero-order valence-corrected chi connectivity index (χ0v) is 16.8. The van der Waals surface area contributed by atoms with Gasteiger partial charge in [-0.25, -0.2) is 4.39 Å². The number of carbonyl (C=O) groups is 1. The van der Waals surface area contributed by atoms with Gasteiger partial charge in [0, 0.05) is 24.6 Å². The topological polar surface area (TPSA) is 56.0 Å². The van der Waals surface area contributed by atoms with Gasteiger partial charge in [-0.15, -0.1) is 6.58 Å². The number of aryl methyl sites for hydroxylation is 2. The van der Waals surface area contributed by atoms with Gasteiger partial charge in [0.1, 0.15) is 5.56 Å². The Morgan fingerprint density at radius 2 is 1.81 bits per heavy atom. The van der Waals surface area contributed by atoms with Crippen molar-refractivity contribution in [2.24, 2.45) is 0 Å². The van der Waals surface area contributed by atoms with E-state index < -0.39 is 11.7 Å². The number of nitrogens with one attached hydrogen (secondary N) is 1. The summed E-state index contributed by atoms with van der Waals surface area (Å²) in [6.45, 7) is 10.5. The molecule has 1 heterocycles. The van der Waals surface area contributed by atoms with Gasteiger partial charge in [-0.2, -0.15) is 4.73 Å². The summed E-state index contributed by atoms with van der Waals surface area (Å²) in [5, 5.41) is 15.8. The highest BCUT2D eigenvalue weighted by Crippen LogP contribution is 2.28. The van der Waals surface area contributed by atoms with Crippen LogP contribution in [0.2, 0.25) is 5.02 Å². The fourth-order valence-electron chi connectivity index (χ4n) is 3.21. The van der Waals surface area contributed by atoms with Crippen LogP contribution in [0.1, 0.15) is 52.3 Å². The molecule has 2 aromatic rings. The first-order valence-corrected chi connectivity index (χ1v) is 9.29. The lowest BCUT2D eigenvalue weighted by atomic mass is 10.0. The minimum Gasteiger partial charge on any atom is -0.618 e. The SMILES string of the molecule is C=CCc1c(F)c(C(=O)Nc2c(CC)cc(Cl)cc2CC)c(C)[n+]([O-])c1C. The predicted molar refractivity (Wildman–Crippen MR) is 107 cm³/mol. The maximum absolute atomic E-state index is 15.1. The number of rotatable bonds is 6. The van der Waals surface area contributed by atoms with E-state index in [0.717, 1.165) is 11.1 Å². The van der Waals surface area contributed by atoms with Gasteiger partial charge < -0.3 is 10.5 Å². The lowest BCUT2D eigenvalue weighted by Crippen LogP contribution is -2.39. The Kier molecular flexibility index (Phi) is 6.60. The third kappa shape index (κ3) is 3.98. The molecule has 0 atom stereocenters. The summed E-state index contributed by atoms with van der Waals surface area (Å²) in [5.74, 6) is -1.33. The van der Waals surface area contributed by atoms with E-state index in [2.05, 4.69) is 11.9 Å². The highest BCUT2D eigenvalue weighted by molar-refractivity contribution is 6.30. The van der Waals surface area contributed by atoms with Crippen LogP contribution >= 0.6 is 11.6 Å². The molecule has 1 aromatic carbocycles.